The van der Waals surface area contributed by atoms with E-state index in [-0.39, 0.29) is 54.5 Å². The monoisotopic (exact) mass is 858 g/mol. The van der Waals surface area contributed by atoms with E-state index in [1.807, 2.05) is 61.3 Å². The third-order valence-corrected chi connectivity index (χ3v) is 13.1. The van der Waals surface area contributed by atoms with Crippen molar-refractivity contribution in [1.82, 2.24) is 50.2 Å². The van der Waals surface area contributed by atoms with Crippen LogP contribution in [0.4, 0.5) is 9.59 Å². The molecule has 0 bridgehead atoms. The molecule has 5 amide bonds. The summed E-state index contributed by atoms with van der Waals surface area (Å²) in [6.07, 6.45) is 7.61. The van der Waals surface area contributed by atoms with Crippen molar-refractivity contribution in [1.29, 1.82) is 0 Å². The lowest BCUT2D eigenvalue weighted by atomic mass is 10.0. The van der Waals surface area contributed by atoms with Gasteiger partial charge in [-0.25, -0.2) is 19.6 Å². The van der Waals surface area contributed by atoms with E-state index in [1.54, 1.807) is 16.0 Å². The van der Waals surface area contributed by atoms with E-state index in [0.717, 1.165) is 84.1 Å². The van der Waals surface area contributed by atoms with Crippen LogP contribution in [0.25, 0.3) is 22.5 Å². The number of benzene rings is 2. The number of amides is 5. The first-order valence-corrected chi connectivity index (χ1v) is 22.7. The van der Waals surface area contributed by atoms with Crippen LogP contribution in [0.3, 0.4) is 0 Å². The summed E-state index contributed by atoms with van der Waals surface area (Å²) in [6.45, 7) is 12.2. The van der Waals surface area contributed by atoms with Crippen molar-refractivity contribution in [3.05, 3.63) is 83.7 Å². The first-order chi connectivity index (χ1) is 30.4. The van der Waals surface area contributed by atoms with Gasteiger partial charge in [-0.3, -0.25) is 9.69 Å². The van der Waals surface area contributed by atoms with Gasteiger partial charge in [0, 0.05) is 56.4 Å². The second-order valence-electron chi connectivity index (χ2n) is 18.4. The van der Waals surface area contributed by atoms with Gasteiger partial charge in [-0.05, 0) is 92.3 Å². The highest BCUT2D eigenvalue weighted by Crippen LogP contribution is 2.34. The van der Waals surface area contributed by atoms with E-state index in [2.05, 4.69) is 63.3 Å². The van der Waals surface area contributed by atoms with E-state index >= 15 is 0 Å². The number of hydrogen-bond donors (Lipinski definition) is 6. The Morgan fingerprint density at radius 2 is 1.19 bits per heavy atom. The molecule has 0 radical (unpaired) electrons. The Bertz CT molecular complexity index is 2280. The van der Waals surface area contributed by atoms with Crippen LogP contribution in [0, 0.1) is 23.7 Å². The van der Waals surface area contributed by atoms with Gasteiger partial charge >= 0.3 is 12.1 Å². The van der Waals surface area contributed by atoms with Gasteiger partial charge < -0.3 is 45.5 Å². The average Bonchev–Trinajstić information content (AvgIpc) is 4.13. The molecule has 15 heteroatoms. The van der Waals surface area contributed by atoms with Crippen molar-refractivity contribution >= 4 is 18.0 Å². The SMILES string of the molecule is CC(C)C(CN1CCCC1c1ncc(-c2ccc(C#Cc3ccc(-c4cnc(C5CCCN5C(=O)C(NC(=O)N5CCC(O)C5)C(C)C)[nH]4)cc3)cc2)[nH]1)NC(=O)N1CCC(O)C1. The minimum absolute atomic E-state index is 0.0140. The molecule has 0 aliphatic carbocycles. The van der Waals surface area contributed by atoms with Crippen LogP contribution in [0.2, 0.25) is 0 Å². The fraction of sp³-hybridized carbons (Fsp3) is 0.521. The standard InChI is InChI=1S/C48H62N10O5/c1-30(2)40(53-47(62)56-23-19-36(59)27-56)29-55-21-5-7-41(55)44-49-25-38(51-44)34-15-11-32(12-16-34)9-10-33-13-17-35(18-14-33)39-26-50-45(52-39)42-8-6-22-58(42)46(61)43(31(3)4)54-48(63)57-24-20-37(60)28-57/h11-18,25-26,30-31,36-37,40-43,59-60H,5-8,19-24,27-29H2,1-4H3,(H,49,51)(H,50,52)(H,53,62)(H,54,63). The Labute approximate surface area is 370 Å². The van der Waals surface area contributed by atoms with Crippen LogP contribution in [0.1, 0.15) is 101 Å². The van der Waals surface area contributed by atoms with Crippen molar-refractivity contribution in [3.63, 3.8) is 0 Å². The number of rotatable bonds is 11. The molecule has 4 saturated heterocycles. The highest BCUT2D eigenvalue weighted by molar-refractivity contribution is 5.88. The topological polar surface area (TPSA) is 186 Å². The average molecular weight is 859 g/mol. The molecular weight excluding hydrogens is 797 g/mol. The highest BCUT2D eigenvalue weighted by atomic mass is 16.3. The first kappa shape index (κ1) is 43.9. The Morgan fingerprint density at radius 1 is 0.683 bits per heavy atom. The minimum atomic E-state index is -0.675. The molecule has 334 valence electrons. The zero-order valence-electron chi connectivity index (χ0n) is 36.9. The highest BCUT2D eigenvalue weighted by Gasteiger charge is 2.39. The number of nitrogens with one attached hydrogen (secondary N) is 4. The molecule has 8 rings (SSSR count). The van der Waals surface area contributed by atoms with Gasteiger partial charge in [-0.15, -0.1) is 0 Å². The van der Waals surface area contributed by atoms with Crippen molar-refractivity contribution in [3.8, 4) is 34.4 Å². The summed E-state index contributed by atoms with van der Waals surface area (Å²) < 4.78 is 0. The number of carbonyl (C=O) groups is 3. The van der Waals surface area contributed by atoms with Crippen LogP contribution in [-0.4, -0.2) is 138 Å². The van der Waals surface area contributed by atoms with Gasteiger partial charge in [0.25, 0.3) is 0 Å². The molecule has 6 atom stereocenters. The molecule has 4 aliphatic rings. The molecule has 0 spiro atoms. The van der Waals surface area contributed by atoms with Crippen molar-refractivity contribution in [2.45, 2.75) is 103 Å². The smallest absolute Gasteiger partial charge is 0.318 e. The number of aliphatic hydroxyl groups is 2. The second-order valence-corrected chi connectivity index (χ2v) is 18.4. The number of imidazole rings is 2. The maximum Gasteiger partial charge on any atom is 0.318 e. The lowest BCUT2D eigenvalue weighted by Gasteiger charge is -2.32. The lowest BCUT2D eigenvalue weighted by molar-refractivity contribution is -0.135. The van der Waals surface area contributed by atoms with Crippen LogP contribution in [0.5, 0.6) is 0 Å². The second kappa shape index (κ2) is 19.4. The number of likely N-dealkylation sites (tertiary alicyclic amines) is 4. The molecule has 2 aromatic carbocycles. The number of H-pyrrole nitrogens is 2. The Kier molecular flexibility index (Phi) is 13.5. The first-order valence-electron chi connectivity index (χ1n) is 22.7. The molecule has 4 aromatic rings. The number of nitrogens with zero attached hydrogens (tertiary/aromatic N) is 6. The number of hydrogen-bond acceptors (Lipinski definition) is 8. The number of carbonyl (C=O) groups excluding carboxylic acids is 3. The van der Waals surface area contributed by atoms with Gasteiger partial charge in [0.2, 0.25) is 5.91 Å². The zero-order valence-corrected chi connectivity index (χ0v) is 36.9. The number of aromatic nitrogens is 4. The zero-order chi connectivity index (χ0) is 44.2. The van der Waals surface area contributed by atoms with E-state index in [4.69, 9.17) is 9.97 Å². The molecular formula is C48H62N10O5. The predicted octanol–water partition coefficient (Wildman–Crippen LogP) is 5.27. The largest absolute Gasteiger partial charge is 0.391 e. The fourth-order valence-electron chi connectivity index (χ4n) is 9.28. The maximum atomic E-state index is 13.9. The summed E-state index contributed by atoms with van der Waals surface area (Å²) in [5.41, 5.74) is 5.58. The number of aromatic amines is 2. The van der Waals surface area contributed by atoms with Crippen molar-refractivity contribution in [2.24, 2.45) is 11.8 Å². The fourth-order valence-corrected chi connectivity index (χ4v) is 9.28. The Hall–Kier alpha value is -5.69. The Balaban J connectivity index is 0.857. The minimum Gasteiger partial charge on any atom is -0.391 e. The molecule has 6 N–H and O–H groups in total. The Morgan fingerprint density at radius 3 is 1.70 bits per heavy atom. The molecule has 6 heterocycles. The summed E-state index contributed by atoms with van der Waals surface area (Å²) in [5, 5.41) is 26.0. The summed E-state index contributed by atoms with van der Waals surface area (Å²) in [5.74, 6) is 8.28. The number of urea groups is 2. The molecule has 0 saturated carbocycles. The van der Waals surface area contributed by atoms with Gasteiger partial charge in [0.05, 0.1) is 48.1 Å². The van der Waals surface area contributed by atoms with E-state index in [1.165, 1.54) is 0 Å². The van der Waals surface area contributed by atoms with Gasteiger partial charge in [0.1, 0.15) is 17.7 Å². The molecule has 4 aliphatic heterocycles. The van der Waals surface area contributed by atoms with Crippen LogP contribution < -0.4 is 10.6 Å². The van der Waals surface area contributed by atoms with Gasteiger partial charge in [-0.1, -0.05) is 63.8 Å². The maximum absolute atomic E-state index is 13.9. The predicted molar refractivity (Wildman–Crippen MR) is 240 cm³/mol. The van der Waals surface area contributed by atoms with Crippen molar-refractivity contribution in [2.75, 3.05) is 45.8 Å². The molecule has 15 nitrogen and oxygen atoms in total. The normalized spacial score (nSPS) is 22.4. The van der Waals surface area contributed by atoms with Crippen LogP contribution in [-0.2, 0) is 4.79 Å². The van der Waals surface area contributed by atoms with Crippen molar-refractivity contribution < 1.29 is 24.6 Å². The third kappa shape index (κ3) is 10.2. The van der Waals surface area contributed by atoms with E-state index < -0.39 is 18.2 Å². The third-order valence-electron chi connectivity index (χ3n) is 13.1. The van der Waals surface area contributed by atoms with Crippen LogP contribution in [0.15, 0.2) is 60.9 Å². The molecule has 6 unspecified atom stereocenters. The van der Waals surface area contributed by atoms with Gasteiger partial charge in [0.15, 0.2) is 0 Å². The lowest BCUT2D eigenvalue weighted by Crippen LogP contribution is -2.54. The summed E-state index contributed by atoms with van der Waals surface area (Å²) in [7, 11) is 0. The molecule has 4 fully saturated rings. The molecule has 2 aromatic heterocycles. The summed E-state index contributed by atoms with van der Waals surface area (Å²) in [6, 6.07) is 15.0. The number of β-amino-alcohol motifs (C(OH)–C–C–N with tert-alkyl or cyclic N) is 2. The van der Waals surface area contributed by atoms with E-state index in [0.29, 0.717) is 39.0 Å². The van der Waals surface area contributed by atoms with Crippen LogP contribution >= 0.6 is 0 Å². The van der Waals surface area contributed by atoms with Gasteiger partial charge in [-0.2, -0.15) is 0 Å². The summed E-state index contributed by atoms with van der Waals surface area (Å²) in [4.78, 5) is 63.9. The number of aliphatic hydroxyl groups excluding tert-OH is 2. The van der Waals surface area contributed by atoms with E-state index in [9.17, 15) is 24.6 Å². The molecule has 63 heavy (non-hydrogen) atoms. The summed E-state index contributed by atoms with van der Waals surface area (Å²) >= 11 is 0. The quantitative estimate of drug-likeness (QED) is 0.110.